The molecule has 4 aliphatic carbocycles. The van der Waals surface area contributed by atoms with Crippen molar-refractivity contribution in [2.24, 2.45) is 34.5 Å². The normalized spacial score (nSPS) is 46.5. The molecule has 0 amide bonds. The van der Waals surface area contributed by atoms with E-state index in [1.807, 2.05) is 13.8 Å². The highest BCUT2D eigenvalue weighted by molar-refractivity contribution is 5.68. The van der Waals surface area contributed by atoms with Crippen LogP contribution in [0.2, 0.25) is 0 Å². The average molecular weight is 454 g/mol. The Kier molecular flexibility index (Phi) is 6.72. The van der Waals surface area contributed by atoms with Crippen LogP contribution in [0, 0.1) is 34.5 Å². The van der Waals surface area contributed by atoms with Gasteiger partial charge in [0.1, 0.15) is 5.67 Å². The van der Waals surface area contributed by atoms with Crippen molar-refractivity contribution in [3.63, 3.8) is 0 Å². The molecule has 0 aromatic rings. The first-order valence-corrected chi connectivity index (χ1v) is 13.1. The Morgan fingerprint density at radius 3 is 2.28 bits per heavy atom. The molecule has 184 valence electrons. The van der Waals surface area contributed by atoms with Crippen molar-refractivity contribution in [1.29, 1.82) is 0 Å². The van der Waals surface area contributed by atoms with E-state index >= 15 is 4.39 Å². The molecule has 1 saturated heterocycles. The Labute approximate surface area is 193 Å². The van der Waals surface area contributed by atoms with Crippen LogP contribution in [-0.2, 0) is 14.3 Å². The number of alkyl halides is 1. The summed E-state index contributed by atoms with van der Waals surface area (Å²) in [6.45, 7) is 10.6. The third kappa shape index (κ3) is 3.54. The summed E-state index contributed by atoms with van der Waals surface area (Å²) in [6.07, 6.45) is 8.42. The van der Waals surface area contributed by atoms with Crippen molar-refractivity contribution in [2.45, 2.75) is 96.9 Å². The summed E-state index contributed by atoms with van der Waals surface area (Å²) >= 11 is 0. The number of hydrogen-bond donors (Lipinski definition) is 2. The summed E-state index contributed by atoms with van der Waals surface area (Å²) in [6, 6.07) is 0. The van der Waals surface area contributed by atoms with Crippen LogP contribution in [0.5, 0.6) is 0 Å². The van der Waals surface area contributed by atoms with Gasteiger partial charge in [0.2, 0.25) is 0 Å². The standard InChI is InChI=1S/C24H38FNO4.C2H6/c1-21-7-3-16(14-26-15-20(27)28)13-23(21,25)9-4-17-18(21)5-8-22(2)19(17)6-10-24(22)29-11-12-30-24;1-2/h16-19,26H,3-15H2,1-2H3,(H,27,28);1-2H3/t16?,17?,18?,19?,21?,22?,23-;/m1./s1. The zero-order chi connectivity index (χ0) is 23.2. The van der Waals surface area contributed by atoms with E-state index in [4.69, 9.17) is 14.6 Å². The maximum absolute atomic E-state index is 16.5. The van der Waals surface area contributed by atoms with Crippen LogP contribution in [0.25, 0.3) is 0 Å². The van der Waals surface area contributed by atoms with Crippen molar-refractivity contribution in [3.05, 3.63) is 0 Å². The molecule has 1 aliphatic heterocycles. The van der Waals surface area contributed by atoms with Crippen LogP contribution in [-0.4, -0.2) is 48.8 Å². The van der Waals surface area contributed by atoms with E-state index in [-0.39, 0.29) is 29.1 Å². The van der Waals surface area contributed by atoms with Crippen molar-refractivity contribution < 1.29 is 23.8 Å². The molecule has 32 heavy (non-hydrogen) atoms. The van der Waals surface area contributed by atoms with Gasteiger partial charge in [0.25, 0.3) is 0 Å². The average Bonchev–Trinajstić information content (AvgIpc) is 3.36. The second-order valence-corrected chi connectivity index (χ2v) is 11.4. The predicted octanol–water partition coefficient (Wildman–Crippen LogP) is 5.18. The fourth-order valence-electron chi connectivity index (χ4n) is 8.75. The van der Waals surface area contributed by atoms with Gasteiger partial charge in [-0.1, -0.05) is 27.7 Å². The molecule has 7 atom stereocenters. The third-order valence-corrected chi connectivity index (χ3v) is 10.3. The van der Waals surface area contributed by atoms with Crippen LogP contribution in [0.3, 0.4) is 0 Å². The zero-order valence-electron chi connectivity index (χ0n) is 20.6. The Balaban J connectivity index is 0.00000119. The highest BCUT2D eigenvalue weighted by Crippen LogP contribution is 2.71. The number of aliphatic carboxylic acids is 1. The summed E-state index contributed by atoms with van der Waals surface area (Å²) in [5, 5.41) is 11.9. The van der Waals surface area contributed by atoms with Gasteiger partial charge in [0.15, 0.2) is 5.79 Å². The van der Waals surface area contributed by atoms with Crippen molar-refractivity contribution in [2.75, 3.05) is 26.3 Å². The van der Waals surface area contributed by atoms with Crippen LogP contribution < -0.4 is 5.32 Å². The summed E-state index contributed by atoms with van der Waals surface area (Å²) < 4.78 is 29.0. The van der Waals surface area contributed by atoms with Gasteiger partial charge in [-0.3, -0.25) is 4.79 Å². The summed E-state index contributed by atoms with van der Waals surface area (Å²) in [7, 11) is 0. The van der Waals surface area contributed by atoms with Gasteiger partial charge in [0.05, 0.1) is 19.8 Å². The minimum Gasteiger partial charge on any atom is -0.480 e. The van der Waals surface area contributed by atoms with Crippen molar-refractivity contribution >= 4 is 5.97 Å². The molecule has 0 radical (unpaired) electrons. The number of rotatable bonds is 4. The van der Waals surface area contributed by atoms with Gasteiger partial charge < -0.3 is 19.9 Å². The number of hydrogen-bond acceptors (Lipinski definition) is 4. The third-order valence-electron chi connectivity index (χ3n) is 10.3. The van der Waals surface area contributed by atoms with Gasteiger partial charge in [-0.15, -0.1) is 0 Å². The lowest BCUT2D eigenvalue weighted by Gasteiger charge is -2.63. The first-order chi connectivity index (χ1) is 15.2. The number of fused-ring (bicyclic) bond motifs is 6. The fraction of sp³-hybridized carbons (Fsp3) is 0.962. The molecule has 5 rings (SSSR count). The van der Waals surface area contributed by atoms with Crippen molar-refractivity contribution in [1.82, 2.24) is 5.32 Å². The number of carbonyl (C=O) groups is 1. The van der Waals surface area contributed by atoms with E-state index in [2.05, 4.69) is 19.2 Å². The van der Waals surface area contributed by atoms with Crippen LogP contribution in [0.4, 0.5) is 4.39 Å². The molecule has 2 N–H and O–H groups in total. The molecule has 6 heteroatoms. The molecule has 0 bridgehead atoms. The first-order valence-electron chi connectivity index (χ1n) is 13.1. The molecule has 6 unspecified atom stereocenters. The molecule has 1 spiro atoms. The molecule has 0 aromatic carbocycles. The van der Waals surface area contributed by atoms with Gasteiger partial charge in [0, 0.05) is 17.3 Å². The van der Waals surface area contributed by atoms with E-state index in [1.54, 1.807) is 0 Å². The lowest BCUT2D eigenvalue weighted by atomic mass is 9.43. The Morgan fingerprint density at radius 2 is 1.59 bits per heavy atom. The van der Waals surface area contributed by atoms with Crippen molar-refractivity contribution in [3.8, 4) is 0 Å². The predicted molar refractivity (Wildman–Crippen MR) is 122 cm³/mol. The Morgan fingerprint density at radius 1 is 0.969 bits per heavy atom. The van der Waals surface area contributed by atoms with Crippen LogP contribution in [0.1, 0.15) is 85.5 Å². The van der Waals surface area contributed by atoms with Gasteiger partial charge in [-0.05, 0) is 81.6 Å². The summed E-state index contributed by atoms with van der Waals surface area (Å²) in [4.78, 5) is 10.8. The van der Waals surface area contributed by atoms with E-state index in [0.29, 0.717) is 50.4 Å². The summed E-state index contributed by atoms with van der Waals surface area (Å²) in [5.74, 6) is 0.598. The number of carboxylic acid groups (broad SMARTS) is 1. The maximum Gasteiger partial charge on any atom is 0.317 e. The highest BCUT2D eigenvalue weighted by atomic mass is 19.1. The number of carboxylic acids is 1. The quantitative estimate of drug-likeness (QED) is 0.614. The molecule has 5 aliphatic rings. The lowest BCUT2D eigenvalue weighted by molar-refractivity contribution is -0.253. The molecular weight excluding hydrogens is 409 g/mol. The molecule has 0 aromatic heterocycles. The van der Waals surface area contributed by atoms with Gasteiger partial charge in [-0.25, -0.2) is 4.39 Å². The highest BCUT2D eigenvalue weighted by Gasteiger charge is 2.69. The Bertz CT molecular complexity index is 697. The number of ether oxygens (including phenoxy) is 2. The molecule has 1 heterocycles. The van der Waals surface area contributed by atoms with E-state index in [1.165, 1.54) is 0 Å². The second kappa shape index (κ2) is 8.81. The largest absolute Gasteiger partial charge is 0.480 e. The molecular formula is C26H44FNO4. The molecule has 4 saturated carbocycles. The fourth-order valence-corrected chi connectivity index (χ4v) is 8.75. The van der Waals surface area contributed by atoms with E-state index in [0.717, 1.165) is 44.9 Å². The van der Waals surface area contributed by atoms with Crippen LogP contribution >= 0.6 is 0 Å². The molecule has 5 fully saturated rings. The molecule has 5 nitrogen and oxygen atoms in total. The SMILES string of the molecule is CC.CC12CCC3C(CC[C@@]4(F)CC(CNCC(=O)O)CCC34C)C1CCC21OCCO1. The first kappa shape index (κ1) is 24.4. The maximum atomic E-state index is 16.5. The lowest BCUT2D eigenvalue weighted by Crippen LogP contribution is -2.62. The Hall–Kier alpha value is -0.720. The zero-order valence-corrected chi connectivity index (χ0v) is 20.6. The summed E-state index contributed by atoms with van der Waals surface area (Å²) in [5.41, 5.74) is -1.31. The van der Waals surface area contributed by atoms with Crippen LogP contribution in [0.15, 0.2) is 0 Å². The minimum atomic E-state index is -1.12. The number of halogens is 1. The second-order valence-electron chi connectivity index (χ2n) is 11.4. The monoisotopic (exact) mass is 453 g/mol. The van der Waals surface area contributed by atoms with E-state index < -0.39 is 11.6 Å². The smallest absolute Gasteiger partial charge is 0.317 e. The van der Waals surface area contributed by atoms with E-state index in [9.17, 15) is 4.79 Å². The van der Waals surface area contributed by atoms with Gasteiger partial charge in [-0.2, -0.15) is 0 Å². The van der Waals surface area contributed by atoms with Gasteiger partial charge >= 0.3 is 5.97 Å². The minimum absolute atomic E-state index is 0.0378. The number of nitrogens with one attached hydrogen (secondary N) is 1. The topological polar surface area (TPSA) is 67.8 Å².